The zero-order chi connectivity index (χ0) is 12.8. The molecule has 1 atom stereocenters. The number of benzene rings is 1. The number of nitrogens with zero attached hydrogens (tertiary/aromatic N) is 1. The third-order valence-corrected chi connectivity index (χ3v) is 2.82. The third kappa shape index (κ3) is 3.73. The van der Waals surface area contributed by atoms with Gasteiger partial charge in [0.05, 0.1) is 23.4 Å². The molecule has 0 saturated carbocycles. The third-order valence-electron chi connectivity index (χ3n) is 2.51. The van der Waals surface area contributed by atoms with Crippen LogP contribution in [-0.4, -0.2) is 29.9 Å². The zero-order valence-corrected chi connectivity index (χ0v) is 10.7. The van der Waals surface area contributed by atoms with Crippen LogP contribution in [0.5, 0.6) is 0 Å². The lowest BCUT2D eigenvalue weighted by atomic mass is 10.1. The number of aliphatic hydroxyl groups is 2. The number of rotatable bonds is 6. The predicted octanol–water partition coefficient (Wildman–Crippen LogP) is 2.38. The molecule has 1 aromatic rings. The van der Waals surface area contributed by atoms with E-state index in [2.05, 4.69) is 6.58 Å². The van der Waals surface area contributed by atoms with Gasteiger partial charge in [-0.25, -0.2) is 0 Å². The Hall–Kier alpha value is -1.03. The van der Waals surface area contributed by atoms with Gasteiger partial charge in [-0.05, 0) is 24.6 Å². The van der Waals surface area contributed by atoms with Gasteiger partial charge in [-0.3, -0.25) is 0 Å². The molecule has 0 amide bonds. The molecule has 0 saturated heterocycles. The highest BCUT2D eigenvalue weighted by molar-refractivity contribution is 6.33. The number of anilines is 1. The molecule has 17 heavy (non-hydrogen) atoms. The second-order valence-corrected chi connectivity index (χ2v) is 4.25. The molecule has 3 nitrogen and oxygen atoms in total. The van der Waals surface area contributed by atoms with Gasteiger partial charge in [0, 0.05) is 13.1 Å². The topological polar surface area (TPSA) is 43.7 Å². The Bertz CT molecular complexity index is 380. The average Bonchev–Trinajstić information content (AvgIpc) is 2.28. The quantitative estimate of drug-likeness (QED) is 0.767. The van der Waals surface area contributed by atoms with E-state index in [1.807, 2.05) is 17.0 Å². The molecule has 94 valence electrons. The summed E-state index contributed by atoms with van der Waals surface area (Å²) in [5, 5.41) is 19.0. The summed E-state index contributed by atoms with van der Waals surface area (Å²) in [6.45, 7) is 6.55. The lowest BCUT2D eigenvalue weighted by molar-refractivity contribution is 0.199. The molecule has 1 rings (SSSR count). The summed E-state index contributed by atoms with van der Waals surface area (Å²) in [5.41, 5.74) is 1.62. The summed E-state index contributed by atoms with van der Waals surface area (Å²) in [6.07, 6.45) is 1.22. The largest absolute Gasteiger partial charge is 0.395 e. The summed E-state index contributed by atoms with van der Waals surface area (Å²) in [7, 11) is 0. The fourth-order valence-corrected chi connectivity index (χ4v) is 1.93. The highest BCUT2D eigenvalue weighted by Gasteiger charge is 2.10. The Morgan fingerprint density at radius 1 is 1.53 bits per heavy atom. The Morgan fingerprint density at radius 3 is 2.71 bits per heavy atom. The van der Waals surface area contributed by atoms with Crippen LogP contribution in [0, 0.1) is 0 Å². The van der Waals surface area contributed by atoms with E-state index in [9.17, 15) is 5.11 Å². The van der Waals surface area contributed by atoms with Gasteiger partial charge >= 0.3 is 0 Å². The lowest BCUT2D eigenvalue weighted by Gasteiger charge is -2.24. The van der Waals surface area contributed by atoms with Crippen LogP contribution in [0.25, 0.3) is 0 Å². The normalized spacial score (nSPS) is 12.2. The fourth-order valence-electron chi connectivity index (χ4n) is 1.63. The Balaban J connectivity index is 2.99. The number of aliphatic hydroxyl groups excluding tert-OH is 2. The minimum atomic E-state index is -0.535. The van der Waals surface area contributed by atoms with Crippen molar-refractivity contribution in [2.75, 3.05) is 24.6 Å². The summed E-state index contributed by atoms with van der Waals surface area (Å²) in [5.74, 6) is 0. The van der Waals surface area contributed by atoms with Crippen LogP contribution < -0.4 is 4.90 Å². The molecule has 0 bridgehead atoms. The number of hydrogen-bond acceptors (Lipinski definition) is 3. The molecule has 0 radical (unpaired) electrons. The Kier molecular flexibility index (Phi) is 5.48. The zero-order valence-electron chi connectivity index (χ0n) is 9.93. The van der Waals surface area contributed by atoms with E-state index in [-0.39, 0.29) is 6.61 Å². The molecule has 1 unspecified atom stereocenters. The minimum Gasteiger partial charge on any atom is -0.395 e. The van der Waals surface area contributed by atoms with Crippen LogP contribution >= 0.6 is 11.6 Å². The van der Waals surface area contributed by atoms with Crippen molar-refractivity contribution in [2.45, 2.75) is 13.0 Å². The maximum absolute atomic E-state index is 9.46. The SMILES string of the molecule is C=CCN(CCO)c1ccc(C(C)O)cc1Cl. The molecule has 0 fully saturated rings. The van der Waals surface area contributed by atoms with Gasteiger partial charge < -0.3 is 15.1 Å². The van der Waals surface area contributed by atoms with E-state index in [0.717, 1.165) is 11.3 Å². The van der Waals surface area contributed by atoms with Gasteiger partial charge in [-0.1, -0.05) is 23.7 Å². The first-order valence-electron chi connectivity index (χ1n) is 5.54. The van der Waals surface area contributed by atoms with Crippen molar-refractivity contribution in [2.24, 2.45) is 0 Å². The summed E-state index contributed by atoms with van der Waals surface area (Å²) in [4.78, 5) is 1.93. The monoisotopic (exact) mass is 255 g/mol. The highest BCUT2D eigenvalue weighted by Crippen LogP contribution is 2.28. The van der Waals surface area contributed by atoms with Crippen molar-refractivity contribution in [3.8, 4) is 0 Å². The van der Waals surface area contributed by atoms with Crippen molar-refractivity contribution in [3.05, 3.63) is 41.4 Å². The smallest absolute Gasteiger partial charge is 0.0762 e. The van der Waals surface area contributed by atoms with E-state index >= 15 is 0 Å². The van der Waals surface area contributed by atoms with Crippen LogP contribution in [0.4, 0.5) is 5.69 Å². The van der Waals surface area contributed by atoms with E-state index < -0.39 is 6.10 Å². The van der Waals surface area contributed by atoms with Crippen molar-refractivity contribution in [1.29, 1.82) is 0 Å². The predicted molar refractivity (Wildman–Crippen MR) is 71.6 cm³/mol. The molecule has 2 N–H and O–H groups in total. The highest BCUT2D eigenvalue weighted by atomic mass is 35.5. The molecular weight excluding hydrogens is 238 g/mol. The molecule has 1 aromatic carbocycles. The van der Waals surface area contributed by atoms with Crippen LogP contribution in [-0.2, 0) is 0 Å². The van der Waals surface area contributed by atoms with Gasteiger partial charge in [0.15, 0.2) is 0 Å². The van der Waals surface area contributed by atoms with Crippen LogP contribution in [0.3, 0.4) is 0 Å². The molecule has 0 aliphatic carbocycles. The molecule has 0 heterocycles. The molecule has 4 heteroatoms. The Labute approximate surface area is 107 Å². The maximum atomic E-state index is 9.46. The Morgan fingerprint density at radius 2 is 2.24 bits per heavy atom. The number of halogens is 1. The van der Waals surface area contributed by atoms with Crippen molar-refractivity contribution in [1.82, 2.24) is 0 Å². The van der Waals surface area contributed by atoms with Crippen molar-refractivity contribution in [3.63, 3.8) is 0 Å². The van der Waals surface area contributed by atoms with Crippen molar-refractivity contribution >= 4 is 17.3 Å². The van der Waals surface area contributed by atoms with Crippen molar-refractivity contribution < 1.29 is 10.2 Å². The molecule has 0 aliphatic heterocycles. The minimum absolute atomic E-state index is 0.0579. The van der Waals surface area contributed by atoms with E-state index in [1.165, 1.54) is 0 Å². The average molecular weight is 256 g/mol. The first-order chi connectivity index (χ1) is 8.10. The summed E-state index contributed by atoms with van der Waals surface area (Å²) in [6, 6.07) is 5.43. The maximum Gasteiger partial charge on any atom is 0.0762 e. The molecule has 0 aliphatic rings. The molecule has 0 spiro atoms. The van der Waals surface area contributed by atoms with E-state index in [1.54, 1.807) is 19.1 Å². The molecular formula is C13H18ClNO2. The van der Waals surface area contributed by atoms with E-state index in [4.69, 9.17) is 16.7 Å². The van der Waals surface area contributed by atoms with Crippen LogP contribution in [0.2, 0.25) is 5.02 Å². The first-order valence-corrected chi connectivity index (χ1v) is 5.92. The molecule has 0 aromatic heterocycles. The van der Waals surface area contributed by atoms with Gasteiger partial charge in [-0.15, -0.1) is 6.58 Å². The van der Waals surface area contributed by atoms with E-state index in [0.29, 0.717) is 18.1 Å². The van der Waals surface area contributed by atoms with Crippen LogP contribution in [0.1, 0.15) is 18.6 Å². The van der Waals surface area contributed by atoms with Gasteiger partial charge in [0.2, 0.25) is 0 Å². The fraction of sp³-hybridized carbons (Fsp3) is 0.385. The second-order valence-electron chi connectivity index (χ2n) is 3.85. The van der Waals surface area contributed by atoms with Gasteiger partial charge in [-0.2, -0.15) is 0 Å². The second kappa shape index (κ2) is 6.64. The first kappa shape index (κ1) is 14.0. The standard InChI is InChI=1S/C13H18ClNO2/c1-3-6-15(7-8-16)13-5-4-11(10(2)17)9-12(13)14/h3-5,9-10,16-17H,1,6-8H2,2H3. The van der Waals surface area contributed by atoms with Crippen LogP contribution in [0.15, 0.2) is 30.9 Å². The van der Waals surface area contributed by atoms with Gasteiger partial charge in [0.1, 0.15) is 0 Å². The summed E-state index contributed by atoms with van der Waals surface area (Å²) < 4.78 is 0. The lowest BCUT2D eigenvalue weighted by Crippen LogP contribution is -2.26. The summed E-state index contributed by atoms with van der Waals surface area (Å²) >= 11 is 6.17. The number of hydrogen-bond donors (Lipinski definition) is 2. The van der Waals surface area contributed by atoms with Gasteiger partial charge in [0.25, 0.3) is 0 Å².